The van der Waals surface area contributed by atoms with E-state index in [1.807, 2.05) is 0 Å². The molecule has 19 heavy (non-hydrogen) atoms. The van der Waals surface area contributed by atoms with E-state index in [1.165, 1.54) is 0 Å². The van der Waals surface area contributed by atoms with E-state index in [0.717, 1.165) is 29.5 Å². The van der Waals surface area contributed by atoms with Crippen LogP contribution in [0.2, 0.25) is 0 Å². The van der Waals surface area contributed by atoms with Crippen LogP contribution in [0.1, 0.15) is 23.2 Å². The van der Waals surface area contributed by atoms with Crippen molar-refractivity contribution < 1.29 is 14.7 Å². The number of carbonyl (C=O) groups excluding carboxylic acids is 2. The Morgan fingerprint density at radius 1 is 1.37 bits per heavy atom. The Labute approximate surface area is 118 Å². The van der Waals surface area contributed by atoms with Crippen LogP contribution in [0, 0.1) is 0 Å². The van der Waals surface area contributed by atoms with Gasteiger partial charge in [0, 0.05) is 17.6 Å². The number of ketones is 1. The lowest BCUT2D eigenvalue weighted by Gasteiger charge is -2.32. The Bertz CT molecular complexity index is 573. The molecule has 0 aliphatic carbocycles. The van der Waals surface area contributed by atoms with Gasteiger partial charge < -0.3 is 15.3 Å². The highest BCUT2D eigenvalue weighted by Gasteiger charge is 2.30. The van der Waals surface area contributed by atoms with E-state index in [1.54, 1.807) is 12.1 Å². The van der Waals surface area contributed by atoms with Gasteiger partial charge in [-0.2, -0.15) is 0 Å². The molecule has 1 saturated heterocycles. The van der Waals surface area contributed by atoms with Crippen molar-refractivity contribution in [1.29, 1.82) is 0 Å². The maximum absolute atomic E-state index is 11.6. The number of amides is 1. The molecule has 1 aromatic carbocycles. The number of fused-ring (bicyclic) bond motifs is 1. The Kier molecular flexibility index (Phi) is 3.06. The van der Waals surface area contributed by atoms with Crippen molar-refractivity contribution in [3.63, 3.8) is 0 Å². The average Bonchev–Trinajstić information content (AvgIpc) is 2.65. The number of carbonyl (C=O) groups is 2. The lowest BCUT2D eigenvalue weighted by molar-refractivity contribution is -0.112. The van der Waals surface area contributed by atoms with Gasteiger partial charge in [-0.15, -0.1) is 0 Å². The minimum atomic E-state index is -0.585. The number of β-amino-alcohol motifs (C(OH)–C–C–N with tert-alkyl or cyclic N) is 1. The Balaban J connectivity index is 1.98. The van der Waals surface area contributed by atoms with Crippen LogP contribution < -0.4 is 10.2 Å². The fourth-order valence-corrected chi connectivity index (χ4v) is 3.16. The van der Waals surface area contributed by atoms with Crippen molar-refractivity contribution >= 4 is 39.0 Å². The molecule has 0 radical (unpaired) electrons. The molecule has 2 aliphatic heterocycles. The number of rotatable bonds is 1. The zero-order valence-electron chi connectivity index (χ0n) is 10.1. The summed E-state index contributed by atoms with van der Waals surface area (Å²) in [5.41, 5.74) is 1.85. The highest BCUT2D eigenvalue weighted by molar-refractivity contribution is 9.10. The first-order valence-electron chi connectivity index (χ1n) is 6.18. The van der Waals surface area contributed by atoms with Crippen LogP contribution in [0.5, 0.6) is 0 Å². The molecular formula is C13H13BrN2O3. The molecule has 1 amide bonds. The largest absolute Gasteiger partial charge is 0.391 e. The number of hydrogen-bond donors (Lipinski definition) is 2. The van der Waals surface area contributed by atoms with E-state index >= 15 is 0 Å². The van der Waals surface area contributed by atoms with Gasteiger partial charge in [-0.3, -0.25) is 9.59 Å². The zero-order chi connectivity index (χ0) is 13.6. The van der Waals surface area contributed by atoms with Crippen molar-refractivity contribution in [2.75, 3.05) is 23.3 Å². The molecule has 6 heteroatoms. The van der Waals surface area contributed by atoms with Gasteiger partial charge in [-0.05, 0) is 40.9 Å². The number of aliphatic hydroxyl groups excluding tert-OH is 1. The number of halogens is 1. The van der Waals surface area contributed by atoms with E-state index in [9.17, 15) is 14.7 Å². The van der Waals surface area contributed by atoms with Gasteiger partial charge in [0.05, 0.1) is 23.0 Å². The predicted octanol–water partition coefficient (Wildman–Crippen LogP) is 1.54. The number of aliphatic hydroxyl groups is 1. The van der Waals surface area contributed by atoms with Gasteiger partial charge in [0.2, 0.25) is 0 Å². The molecule has 3 rings (SSSR count). The number of piperidine rings is 1. The fraction of sp³-hybridized carbons (Fsp3) is 0.385. The zero-order valence-corrected chi connectivity index (χ0v) is 11.7. The van der Waals surface area contributed by atoms with E-state index in [2.05, 4.69) is 26.1 Å². The van der Waals surface area contributed by atoms with Gasteiger partial charge >= 0.3 is 0 Å². The minimum Gasteiger partial charge on any atom is -0.391 e. The monoisotopic (exact) mass is 324 g/mol. The third-order valence-electron chi connectivity index (χ3n) is 3.52. The summed E-state index contributed by atoms with van der Waals surface area (Å²) in [5, 5.41) is 12.3. The van der Waals surface area contributed by atoms with E-state index in [4.69, 9.17) is 0 Å². The molecule has 2 N–H and O–H groups in total. The molecular weight excluding hydrogens is 312 g/mol. The topological polar surface area (TPSA) is 69.6 Å². The molecule has 1 unspecified atom stereocenters. The molecule has 1 aromatic rings. The fourth-order valence-electron chi connectivity index (χ4n) is 2.57. The quantitative estimate of drug-likeness (QED) is 0.769. The third kappa shape index (κ3) is 2.15. The smallest absolute Gasteiger partial charge is 0.296 e. The second-order valence-corrected chi connectivity index (χ2v) is 5.73. The first-order chi connectivity index (χ1) is 9.06. The van der Waals surface area contributed by atoms with E-state index in [-0.39, 0.29) is 6.10 Å². The summed E-state index contributed by atoms with van der Waals surface area (Å²) in [4.78, 5) is 25.0. The normalized spacial score (nSPS) is 22.4. The number of anilines is 2. The molecule has 0 saturated carbocycles. The molecule has 0 spiro atoms. The number of Topliss-reactive ketones (excluding diaryl/α,β-unsaturated/α-hetero) is 1. The van der Waals surface area contributed by atoms with Crippen molar-refractivity contribution in [2.24, 2.45) is 0 Å². The highest BCUT2D eigenvalue weighted by atomic mass is 79.9. The molecule has 2 aliphatic rings. The standard InChI is InChI=1S/C13H13BrN2O3/c14-9-4-8-10(15-13(19)12(8)18)5-11(9)16-3-1-2-7(17)6-16/h4-5,7,17H,1-3,6H2,(H,15,18,19). The van der Waals surface area contributed by atoms with Crippen molar-refractivity contribution in [1.82, 2.24) is 0 Å². The molecule has 1 fully saturated rings. The van der Waals surface area contributed by atoms with Crippen LogP contribution in [0.3, 0.4) is 0 Å². The molecule has 2 heterocycles. The summed E-state index contributed by atoms with van der Waals surface area (Å²) in [6.07, 6.45) is 1.41. The van der Waals surface area contributed by atoms with Gasteiger partial charge in [-0.25, -0.2) is 0 Å². The van der Waals surface area contributed by atoms with Gasteiger partial charge in [-0.1, -0.05) is 0 Å². The second-order valence-electron chi connectivity index (χ2n) is 4.87. The first kappa shape index (κ1) is 12.6. The average molecular weight is 325 g/mol. The van der Waals surface area contributed by atoms with Crippen LogP contribution in [0.25, 0.3) is 0 Å². The summed E-state index contributed by atoms with van der Waals surface area (Å²) >= 11 is 3.44. The maximum atomic E-state index is 11.6. The lowest BCUT2D eigenvalue weighted by atomic mass is 10.1. The van der Waals surface area contributed by atoms with Crippen molar-refractivity contribution in [3.05, 3.63) is 22.2 Å². The van der Waals surface area contributed by atoms with Crippen LogP contribution in [0.4, 0.5) is 11.4 Å². The number of nitrogens with one attached hydrogen (secondary N) is 1. The minimum absolute atomic E-state index is 0.329. The summed E-state index contributed by atoms with van der Waals surface area (Å²) in [5.74, 6) is -1.08. The van der Waals surface area contributed by atoms with Crippen molar-refractivity contribution in [3.8, 4) is 0 Å². The molecule has 5 nitrogen and oxygen atoms in total. The summed E-state index contributed by atoms with van der Waals surface area (Å²) < 4.78 is 0.769. The SMILES string of the molecule is O=C1Nc2cc(N3CCCC(O)C3)c(Br)cc2C1=O. The Morgan fingerprint density at radius 2 is 2.16 bits per heavy atom. The molecule has 0 aromatic heterocycles. The van der Waals surface area contributed by atoms with Crippen LogP contribution in [0.15, 0.2) is 16.6 Å². The first-order valence-corrected chi connectivity index (χ1v) is 6.98. The second kappa shape index (κ2) is 4.61. The third-order valence-corrected chi connectivity index (χ3v) is 4.16. The summed E-state index contributed by atoms with van der Waals surface area (Å²) in [7, 11) is 0. The Morgan fingerprint density at radius 3 is 2.89 bits per heavy atom. The van der Waals surface area contributed by atoms with Crippen LogP contribution >= 0.6 is 15.9 Å². The predicted molar refractivity (Wildman–Crippen MR) is 74.6 cm³/mol. The number of hydrogen-bond acceptors (Lipinski definition) is 4. The highest BCUT2D eigenvalue weighted by Crippen LogP contribution is 2.36. The van der Waals surface area contributed by atoms with Crippen LogP contribution in [-0.4, -0.2) is 36.0 Å². The van der Waals surface area contributed by atoms with Crippen molar-refractivity contribution in [2.45, 2.75) is 18.9 Å². The Hall–Kier alpha value is -1.40. The number of nitrogens with zero attached hydrogens (tertiary/aromatic N) is 1. The van der Waals surface area contributed by atoms with E-state index in [0.29, 0.717) is 17.8 Å². The molecule has 0 bridgehead atoms. The summed E-state index contributed by atoms with van der Waals surface area (Å²) in [6, 6.07) is 3.46. The molecule has 1 atom stereocenters. The maximum Gasteiger partial charge on any atom is 0.296 e. The summed E-state index contributed by atoms with van der Waals surface area (Å²) in [6.45, 7) is 1.43. The number of benzene rings is 1. The molecule has 100 valence electrons. The van der Waals surface area contributed by atoms with Gasteiger partial charge in [0.15, 0.2) is 0 Å². The van der Waals surface area contributed by atoms with Gasteiger partial charge in [0.25, 0.3) is 11.7 Å². The van der Waals surface area contributed by atoms with E-state index < -0.39 is 11.7 Å². The lowest BCUT2D eigenvalue weighted by Crippen LogP contribution is -2.38. The van der Waals surface area contributed by atoms with Crippen LogP contribution in [-0.2, 0) is 4.79 Å². The van der Waals surface area contributed by atoms with Gasteiger partial charge in [0.1, 0.15) is 0 Å².